The minimum Gasteiger partial charge on any atom is -0.478 e. The van der Waals surface area contributed by atoms with Gasteiger partial charge in [-0.3, -0.25) is 9.35 Å². The molecule has 0 radical (unpaired) electrons. The van der Waals surface area contributed by atoms with Gasteiger partial charge in [0.05, 0.1) is 34.2 Å². The number of amides is 1. The van der Waals surface area contributed by atoms with Crippen molar-refractivity contribution in [1.82, 2.24) is 0 Å². The van der Waals surface area contributed by atoms with Crippen molar-refractivity contribution < 1.29 is 69.8 Å². The van der Waals surface area contributed by atoms with Crippen LogP contribution in [0.1, 0.15) is 23.7 Å². The Labute approximate surface area is 217 Å². The third-order valence-electron chi connectivity index (χ3n) is 4.05. The van der Waals surface area contributed by atoms with Crippen LogP contribution < -0.4 is 40.6 Å². The van der Waals surface area contributed by atoms with Crippen LogP contribution >= 0.6 is 0 Å². The van der Waals surface area contributed by atoms with Crippen molar-refractivity contribution in [2.45, 2.75) is 18.2 Å². The Morgan fingerprint density at radius 1 is 1.09 bits per heavy atom. The van der Waals surface area contributed by atoms with Crippen LogP contribution in [0.5, 0.6) is 0 Å². The average Bonchev–Trinajstić information content (AvgIpc) is 2.72. The molecule has 0 bridgehead atoms. The average molecular weight is 524 g/mol. The fourth-order valence-electron chi connectivity index (χ4n) is 2.41. The molecule has 0 atom stereocenters. The molecule has 2 aromatic rings. The summed E-state index contributed by atoms with van der Waals surface area (Å²) >= 11 is 0. The molecule has 34 heavy (non-hydrogen) atoms. The van der Waals surface area contributed by atoms with Gasteiger partial charge in [-0.2, -0.15) is 13.5 Å². The van der Waals surface area contributed by atoms with Crippen LogP contribution in [0.4, 0.5) is 22.7 Å². The van der Waals surface area contributed by atoms with Crippen molar-refractivity contribution in [2.75, 3.05) is 23.4 Å². The molecule has 2 rings (SSSR count). The molecule has 0 heterocycles. The summed E-state index contributed by atoms with van der Waals surface area (Å²) in [7, 11) is -8.67. The number of benzene rings is 2. The Morgan fingerprint density at radius 3 is 2.24 bits per heavy atom. The summed E-state index contributed by atoms with van der Waals surface area (Å²) in [4.78, 5) is 22.9. The van der Waals surface area contributed by atoms with Crippen LogP contribution in [0.2, 0.25) is 0 Å². The van der Waals surface area contributed by atoms with E-state index in [1.807, 2.05) is 0 Å². The molecule has 16 heteroatoms. The number of nitrogens with one attached hydrogen (secondary N) is 1. The van der Waals surface area contributed by atoms with Gasteiger partial charge in [0.2, 0.25) is 5.91 Å². The number of anilines is 2. The molecule has 5 N–H and O–H groups in total. The smallest absolute Gasteiger partial charge is 0.478 e. The molecule has 0 aromatic heterocycles. The van der Waals surface area contributed by atoms with E-state index in [1.54, 1.807) is 6.92 Å². The molecule has 2 aromatic carbocycles. The Hall–Kier alpha value is -2.40. The van der Waals surface area contributed by atoms with Gasteiger partial charge in [-0.1, -0.05) is 6.92 Å². The summed E-state index contributed by atoms with van der Waals surface area (Å²) in [6.07, 6.45) is 0.155. The molecule has 0 spiro atoms. The molecule has 0 aliphatic heterocycles. The minimum absolute atomic E-state index is 0. The number of carboxylic acid groups (broad SMARTS) is 1. The Morgan fingerprint density at radius 2 is 1.71 bits per heavy atom. The second-order valence-electron chi connectivity index (χ2n) is 6.43. The number of nitrogens with zero attached hydrogens (tertiary/aromatic N) is 2. The number of carboxylic acids is 1. The van der Waals surface area contributed by atoms with Gasteiger partial charge in [-0.05, 0) is 36.4 Å². The van der Waals surface area contributed by atoms with Crippen LogP contribution in [0.15, 0.2) is 51.5 Å². The summed E-state index contributed by atoms with van der Waals surface area (Å²) < 4.78 is 57.9. The standard InChI is InChI=1S/C18H20N4O9S2.Na/c1-2-17(23)20-15-10-14(19)13(18(24)25)9-16(15)22-21-11-3-5-12(6-4-11)32(26,27)8-7-31-33(28,29)30;/h3-6,9-10H,2,7-8,19H2,1H3,(H,20,23)(H,24,25)(H,28,29,30);/q;+1. The number of carbonyl (C=O) groups excluding carboxylic acids is 1. The van der Waals surface area contributed by atoms with Crippen molar-refractivity contribution in [3.63, 3.8) is 0 Å². The van der Waals surface area contributed by atoms with Gasteiger partial charge in [-0.15, -0.1) is 5.11 Å². The number of azo groups is 1. The van der Waals surface area contributed by atoms with E-state index >= 15 is 0 Å². The monoisotopic (exact) mass is 523 g/mol. The molecule has 0 unspecified atom stereocenters. The molecule has 0 aliphatic rings. The first-order valence-electron chi connectivity index (χ1n) is 9.15. The quantitative estimate of drug-likeness (QED) is 0.133. The maximum atomic E-state index is 12.2. The number of rotatable bonds is 10. The predicted octanol–water partition coefficient (Wildman–Crippen LogP) is -0.672. The normalized spacial score (nSPS) is 11.7. The third kappa shape index (κ3) is 8.75. The van der Waals surface area contributed by atoms with Gasteiger partial charge < -0.3 is 16.2 Å². The molecular formula is C18H20N4NaO9S2+. The van der Waals surface area contributed by atoms with Crippen molar-refractivity contribution >= 4 is 54.9 Å². The van der Waals surface area contributed by atoms with Crippen LogP contribution in [0.25, 0.3) is 0 Å². The van der Waals surface area contributed by atoms with Gasteiger partial charge in [0.15, 0.2) is 9.84 Å². The van der Waals surface area contributed by atoms with E-state index in [-0.39, 0.29) is 75.1 Å². The van der Waals surface area contributed by atoms with Crippen molar-refractivity contribution in [1.29, 1.82) is 0 Å². The number of hydrogen-bond acceptors (Lipinski definition) is 10. The summed E-state index contributed by atoms with van der Waals surface area (Å²) in [6.45, 7) is 0.855. The number of carbonyl (C=O) groups is 2. The molecule has 0 saturated carbocycles. The van der Waals surface area contributed by atoms with Gasteiger partial charge >= 0.3 is 45.9 Å². The van der Waals surface area contributed by atoms with Gasteiger partial charge in [-0.25, -0.2) is 17.4 Å². The summed E-state index contributed by atoms with van der Waals surface area (Å²) in [5.41, 5.74) is 5.75. The molecule has 0 aliphatic carbocycles. The number of hydrogen-bond donors (Lipinski definition) is 4. The third-order valence-corrected chi connectivity index (χ3v) is 6.21. The van der Waals surface area contributed by atoms with E-state index in [1.165, 1.54) is 30.3 Å². The maximum absolute atomic E-state index is 12.2. The van der Waals surface area contributed by atoms with Crippen LogP contribution in [0, 0.1) is 0 Å². The Kier molecular flexibility index (Phi) is 10.8. The van der Waals surface area contributed by atoms with Crippen molar-refractivity contribution in [2.24, 2.45) is 10.2 Å². The maximum Gasteiger partial charge on any atom is 1.00 e. The Balaban J connectivity index is 0.00000578. The summed E-state index contributed by atoms with van der Waals surface area (Å²) in [6, 6.07) is 7.39. The molecule has 1 amide bonds. The largest absolute Gasteiger partial charge is 1.00 e. The van der Waals surface area contributed by atoms with Gasteiger partial charge in [0, 0.05) is 12.1 Å². The summed E-state index contributed by atoms with van der Waals surface area (Å²) in [5.74, 6) is -2.36. The van der Waals surface area contributed by atoms with E-state index in [0.29, 0.717) is 0 Å². The fraction of sp³-hybridized carbons (Fsp3) is 0.222. The molecular weight excluding hydrogens is 503 g/mol. The number of nitrogen functional groups attached to an aromatic ring is 1. The van der Waals surface area contributed by atoms with Gasteiger partial charge in [0.25, 0.3) is 0 Å². The first-order chi connectivity index (χ1) is 15.3. The van der Waals surface area contributed by atoms with E-state index < -0.39 is 38.6 Å². The fourth-order valence-corrected chi connectivity index (χ4v) is 3.90. The number of sulfone groups is 1. The minimum atomic E-state index is -4.76. The van der Waals surface area contributed by atoms with Crippen LogP contribution in [-0.2, 0) is 29.2 Å². The van der Waals surface area contributed by atoms with Crippen molar-refractivity contribution in [3.05, 3.63) is 42.0 Å². The zero-order valence-corrected chi connectivity index (χ0v) is 21.8. The first-order valence-corrected chi connectivity index (χ1v) is 12.2. The zero-order valence-electron chi connectivity index (χ0n) is 18.1. The molecule has 0 saturated heterocycles. The second kappa shape index (κ2) is 12.3. The van der Waals surface area contributed by atoms with Crippen LogP contribution in [0.3, 0.4) is 0 Å². The SMILES string of the molecule is CCC(=O)Nc1cc(N)c(C(=O)O)cc1N=Nc1ccc(S(=O)(=O)CCOS(=O)(=O)O)cc1.[Na+]. The molecule has 0 fully saturated rings. The van der Waals surface area contributed by atoms with E-state index in [2.05, 4.69) is 19.7 Å². The van der Waals surface area contributed by atoms with E-state index in [0.717, 1.165) is 6.07 Å². The molecule has 178 valence electrons. The number of aromatic carboxylic acids is 1. The van der Waals surface area contributed by atoms with Gasteiger partial charge in [0.1, 0.15) is 5.69 Å². The summed E-state index contributed by atoms with van der Waals surface area (Å²) in [5, 5.41) is 19.7. The Bertz CT molecular complexity index is 1300. The first kappa shape index (κ1) is 29.6. The number of nitrogens with two attached hydrogens (primary N) is 1. The topological polar surface area (TPSA) is 215 Å². The predicted molar refractivity (Wildman–Crippen MR) is 117 cm³/mol. The molecule has 13 nitrogen and oxygen atoms in total. The van der Waals surface area contributed by atoms with Crippen molar-refractivity contribution in [3.8, 4) is 0 Å². The van der Waals surface area contributed by atoms with E-state index in [4.69, 9.17) is 10.3 Å². The van der Waals surface area contributed by atoms with Crippen LogP contribution in [-0.4, -0.2) is 50.7 Å². The van der Waals surface area contributed by atoms with E-state index in [9.17, 15) is 31.5 Å². The zero-order chi connectivity index (χ0) is 24.8. The second-order valence-corrected chi connectivity index (χ2v) is 9.63.